The number of likely N-dealkylation sites (tertiary alicyclic amines) is 1. The van der Waals surface area contributed by atoms with Crippen LogP contribution in [0.25, 0.3) is 0 Å². The number of thiophene rings is 1. The minimum atomic E-state index is 0.506. The van der Waals surface area contributed by atoms with Gasteiger partial charge in [0, 0.05) is 23.5 Å². The van der Waals surface area contributed by atoms with E-state index >= 15 is 0 Å². The molecule has 2 nitrogen and oxygen atoms in total. The van der Waals surface area contributed by atoms with Gasteiger partial charge < -0.3 is 10.2 Å². The van der Waals surface area contributed by atoms with Gasteiger partial charge in [-0.3, -0.25) is 0 Å². The van der Waals surface area contributed by atoms with Gasteiger partial charge in [0.25, 0.3) is 0 Å². The third-order valence-electron chi connectivity index (χ3n) is 3.67. The molecule has 0 aliphatic carbocycles. The third-order valence-corrected chi connectivity index (χ3v) is 4.72. The summed E-state index contributed by atoms with van der Waals surface area (Å²) in [5.41, 5.74) is 0. The molecule has 2 rings (SSSR count). The molecule has 2 heterocycles. The minimum Gasteiger partial charge on any atom is -0.307 e. The number of piperidine rings is 1. The molecule has 1 fully saturated rings. The maximum Gasteiger partial charge on any atom is 0.0388 e. The molecule has 0 spiro atoms. The molecular formula is C15H26N2S. The monoisotopic (exact) mass is 266 g/mol. The van der Waals surface area contributed by atoms with E-state index in [0.717, 1.165) is 5.92 Å². The number of hydrogen-bond acceptors (Lipinski definition) is 3. The highest BCUT2D eigenvalue weighted by Crippen LogP contribution is 2.21. The van der Waals surface area contributed by atoms with Crippen molar-refractivity contribution >= 4 is 11.3 Å². The highest BCUT2D eigenvalue weighted by atomic mass is 32.1. The van der Waals surface area contributed by atoms with Crippen molar-refractivity contribution in [1.29, 1.82) is 0 Å². The first-order valence-corrected chi connectivity index (χ1v) is 8.05. The highest BCUT2D eigenvalue weighted by molar-refractivity contribution is 7.10. The maximum atomic E-state index is 3.78. The molecule has 1 aliphatic heterocycles. The van der Waals surface area contributed by atoms with E-state index in [2.05, 4.69) is 48.5 Å². The Kier molecular flexibility index (Phi) is 5.22. The fraction of sp³-hybridized carbons (Fsp3) is 0.733. The number of hydrogen-bond donors (Lipinski definition) is 1. The Morgan fingerprint density at radius 3 is 2.61 bits per heavy atom. The molecule has 0 saturated carbocycles. The zero-order chi connectivity index (χ0) is 13.0. The zero-order valence-corrected chi connectivity index (χ0v) is 12.7. The molecule has 1 unspecified atom stereocenters. The van der Waals surface area contributed by atoms with Gasteiger partial charge >= 0.3 is 0 Å². The highest BCUT2D eigenvalue weighted by Gasteiger charge is 2.21. The molecular weight excluding hydrogens is 240 g/mol. The predicted octanol–water partition coefficient (Wildman–Crippen LogP) is 3.52. The second-order valence-electron chi connectivity index (χ2n) is 5.87. The first kappa shape index (κ1) is 14.0. The lowest BCUT2D eigenvalue weighted by atomic mass is 10.0. The molecule has 0 bridgehead atoms. The van der Waals surface area contributed by atoms with E-state index in [1.807, 2.05) is 11.3 Å². The Labute approximate surface area is 115 Å². The van der Waals surface area contributed by atoms with Crippen LogP contribution in [0.1, 0.15) is 44.5 Å². The Balaban J connectivity index is 1.73. The average Bonchev–Trinajstić information content (AvgIpc) is 2.84. The van der Waals surface area contributed by atoms with Crippen LogP contribution in [0.15, 0.2) is 17.5 Å². The fourth-order valence-corrected chi connectivity index (χ4v) is 3.52. The summed E-state index contributed by atoms with van der Waals surface area (Å²) in [6.07, 6.45) is 2.59. The van der Waals surface area contributed by atoms with Crippen molar-refractivity contribution in [2.75, 3.05) is 19.6 Å². The molecule has 0 amide bonds. The first-order valence-electron chi connectivity index (χ1n) is 7.17. The summed E-state index contributed by atoms with van der Waals surface area (Å²) in [7, 11) is 0. The lowest BCUT2D eigenvalue weighted by Gasteiger charge is -2.34. The largest absolute Gasteiger partial charge is 0.307 e. The Morgan fingerprint density at radius 2 is 2.06 bits per heavy atom. The topological polar surface area (TPSA) is 15.3 Å². The lowest BCUT2D eigenvalue weighted by molar-refractivity contribution is 0.175. The second kappa shape index (κ2) is 6.69. The van der Waals surface area contributed by atoms with E-state index in [4.69, 9.17) is 0 Å². The smallest absolute Gasteiger partial charge is 0.0388 e. The van der Waals surface area contributed by atoms with Crippen LogP contribution in [0.2, 0.25) is 0 Å². The summed E-state index contributed by atoms with van der Waals surface area (Å²) in [5, 5.41) is 5.94. The average molecular weight is 266 g/mol. The number of rotatable bonds is 5. The van der Waals surface area contributed by atoms with Crippen molar-refractivity contribution < 1.29 is 0 Å². The van der Waals surface area contributed by atoms with Gasteiger partial charge in [-0.05, 0) is 50.2 Å². The molecule has 0 aromatic carbocycles. The van der Waals surface area contributed by atoms with Gasteiger partial charge in [-0.2, -0.15) is 0 Å². The number of nitrogens with one attached hydrogen (secondary N) is 1. The standard InChI is InChI=1S/C15H26N2S/c1-12(2)11-17-8-6-14(7-9-17)16-13(3)15-5-4-10-18-15/h4-5,10,12-14,16H,6-9,11H2,1-3H3. The van der Waals surface area contributed by atoms with Crippen LogP contribution in [0.4, 0.5) is 0 Å². The van der Waals surface area contributed by atoms with Gasteiger partial charge in [0.1, 0.15) is 0 Å². The molecule has 1 aromatic rings. The molecule has 1 aliphatic rings. The van der Waals surface area contributed by atoms with Crippen molar-refractivity contribution in [2.45, 2.75) is 45.7 Å². The molecule has 18 heavy (non-hydrogen) atoms. The molecule has 1 saturated heterocycles. The van der Waals surface area contributed by atoms with Crippen molar-refractivity contribution in [2.24, 2.45) is 5.92 Å². The quantitative estimate of drug-likeness (QED) is 0.877. The van der Waals surface area contributed by atoms with Gasteiger partial charge in [0.15, 0.2) is 0 Å². The van der Waals surface area contributed by atoms with Crippen molar-refractivity contribution in [1.82, 2.24) is 10.2 Å². The van der Waals surface area contributed by atoms with Crippen molar-refractivity contribution in [3.05, 3.63) is 22.4 Å². The minimum absolute atomic E-state index is 0.506. The third kappa shape index (κ3) is 4.08. The summed E-state index contributed by atoms with van der Waals surface area (Å²) in [6.45, 7) is 10.7. The molecule has 3 heteroatoms. The zero-order valence-electron chi connectivity index (χ0n) is 11.9. The van der Waals surface area contributed by atoms with Crippen LogP contribution in [0, 0.1) is 5.92 Å². The van der Waals surface area contributed by atoms with E-state index in [1.165, 1.54) is 37.4 Å². The van der Waals surface area contributed by atoms with E-state index < -0.39 is 0 Å². The van der Waals surface area contributed by atoms with Crippen molar-refractivity contribution in [3.63, 3.8) is 0 Å². The molecule has 102 valence electrons. The normalized spacial score (nSPS) is 20.4. The summed E-state index contributed by atoms with van der Waals surface area (Å²) in [5.74, 6) is 0.791. The lowest BCUT2D eigenvalue weighted by Crippen LogP contribution is -2.44. The van der Waals surface area contributed by atoms with Crippen LogP contribution in [0.3, 0.4) is 0 Å². The van der Waals surface area contributed by atoms with E-state index in [0.29, 0.717) is 12.1 Å². The summed E-state index contributed by atoms with van der Waals surface area (Å²) < 4.78 is 0. The van der Waals surface area contributed by atoms with Gasteiger partial charge in [-0.1, -0.05) is 19.9 Å². The fourth-order valence-electron chi connectivity index (χ4n) is 2.77. The van der Waals surface area contributed by atoms with Gasteiger partial charge in [0.2, 0.25) is 0 Å². The molecule has 0 radical (unpaired) electrons. The Hall–Kier alpha value is -0.380. The second-order valence-corrected chi connectivity index (χ2v) is 6.85. The maximum absolute atomic E-state index is 3.78. The molecule has 1 atom stereocenters. The van der Waals surface area contributed by atoms with E-state index in [1.54, 1.807) is 0 Å². The van der Waals surface area contributed by atoms with Crippen LogP contribution in [0.5, 0.6) is 0 Å². The Morgan fingerprint density at radius 1 is 1.33 bits per heavy atom. The van der Waals surface area contributed by atoms with Gasteiger partial charge in [0.05, 0.1) is 0 Å². The Bertz CT molecular complexity index is 326. The van der Waals surface area contributed by atoms with Gasteiger partial charge in [-0.25, -0.2) is 0 Å². The van der Waals surface area contributed by atoms with Crippen LogP contribution in [-0.4, -0.2) is 30.6 Å². The van der Waals surface area contributed by atoms with Crippen LogP contribution in [-0.2, 0) is 0 Å². The van der Waals surface area contributed by atoms with Gasteiger partial charge in [-0.15, -0.1) is 11.3 Å². The van der Waals surface area contributed by atoms with Crippen molar-refractivity contribution in [3.8, 4) is 0 Å². The summed E-state index contributed by atoms with van der Waals surface area (Å²) in [6, 6.07) is 5.58. The predicted molar refractivity (Wildman–Crippen MR) is 80.2 cm³/mol. The van der Waals surface area contributed by atoms with Crippen LogP contribution < -0.4 is 5.32 Å². The van der Waals surface area contributed by atoms with E-state index in [9.17, 15) is 0 Å². The SMILES string of the molecule is CC(C)CN1CCC(NC(C)c2cccs2)CC1. The van der Waals surface area contributed by atoms with Crippen LogP contribution >= 0.6 is 11.3 Å². The molecule has 1 aromatic heterocycles. The summed E-state index contributed by atoms with van der Waals surface area (Å²) >= 11 is 1.86. The van der Waals surface area contributed by atoms with E-state index in [-0.39, 0.29) is 0 Å². The first-order chi connectivity index (χ1) is 8.65. The summed E-state index contributed by atoms with van der Waals surface area (Å²) in [4.78, 5) is 4.07. The number of nitrogens with zero attached hydrogens (tertiary/aromatic N) is 1. The molecule has 1 N–H and O–H groups in total.